The molecular formula is C19H36IN5O2. The maximum Gasteiger partial charge on any atom is 0.243 e. The first-order valence-electron chi connectivity index (χ1n) is 9.96. The molecule has 1 aliphatic carbocycles. The van der Waals surface area contributed by atoms with Crippen LogP contribution in [0.2, 0.25) is 0 Å². The van der Waals surface area contributed by atoms with Crippen molar-refractivity contribution in [3.8, 4) is 0 Å². The van der Waals surface area contributed by atoms with Crippen molar-refractivity contribution in [2.75, 3.05) is 33.7 Å². The van der Waals surface area contributed by atoms with E-state index in [1.807, 2.05) is 11.8 Å². The number of likely N-dealkylation sites (N-methyl/N-ethyl adjacent to an activating group) is 1. The van der Waals surface area contributed by atoms with E-state index in [2.05, 4.69) is 22.5 Å². The second kappa shape index (κ2) is 11.7. The summed E-state index contributed by atoms with van der Waals surface area (Å²) in [4.78, 5) is 31.8. The van der Waals surface area contributed by atoms with Crippen LogP contribution in [-0.4, -0.2) is 73.4 Å². The average molecular weight is 493 g/mol. The number of nitrogens with zero attached hydrogens (tertiary/aromatic N) is 3. The van der Waals surface area contributed by atoms with Gasteiger partial charge in [0.25, 0.3) is 0 Å². The molecule has 8 heteroatoms. The highest BCUT2D eigenvalue weighted by atomic mass is 127. The van der Waals surface area contributed by atoms with Gasteiger partial charge in [-0.05, 0) is 25.2 Å². The Kier molecular flexibility index (Phi) is 10.4. The second-order valence-corrected chi connectivity index (χ2v) is 7.79. The number of hydrogen-bond acceptors (Lipinski definition) is 3. The van der Waals surface area contributed by atoms with Crippen molar-refractivity contribution in [2.45, 2.75) is 64.5 Å². The molecule has 2 fully saturated rings. The number of carbonyl (C=O) groups excluding carboxylic acids is 2. The number of rotatable bonds is 5. The quantitative estimate of drug-likeness (QED) is 0.348. The first-order valence-corrected chi connectivity index (χ1v) is 9.96. The zero-order chi connectivity index (χ0) is 19.1. The van der Waals surface area contributed by atoms with Gasteiger partial charge in [0.15, 0.2) is 5.96 Å². The molecule has 3 atom stereocenters. The van der Waals surface area contributed by atoms with Gasteiger partial charge in [-0.1, -0.05) is 26.7 Å². The van der Waals surface area contributed by atoms with Crippen LogP contribution in [0.4, 0.5) is 0 Å². The predicted octanol–water partition coefficient (Wildman–Crippen LogP) is 1.82. The zero-order valence-electron chi connectivity index (χ0n) is 17.2. The molecule has 0 bridgehead atoms. The lowest BCUT2D eigenvalue weighted by molar-refractivity contribution is -0.130. The Balaban J connectivity index is 0.00000364. The second-order valence-electron chi connectivity index (χ2n) is 7.79. The van der Waals surface area contributed by atoms with Gasteiger partial charge in [0.05, 0.1) is 0 Å². The van der Waals surface area contributed by atoms with E-state index in [1.165, 1.54) is 19.3 Å². The summed E-state index contributed by atoms with van der Waals surface area (Å²) in [6.45, 7) is 5.79. The molecule has 27 heavy (non-hydrogen) atoms. The molecule has 1 aliphatic heterocycles. The van der Waals surface area contributed by atoms with Crippen LogP contribution in [-0.2, 0) is 9.59 Å². The molecule has 0 radical (unpaired) electrons. The van der Waals surface area contributed by atoms with Gasteiger partial charge in [0.2, 0.25) is 11.8 Å². The van der Waals surface area contributed by atoms with E-state index in [-0.39, 0.29) is 48.4 Å². The van der Waals surface area contributed by atoms with Crippen molar-refractivity contribution in [3.63, 3.8) is 0 Å². The van der Waals surface area contributed by atoms with Crippen molar-refractivity contribution in [2.24, 2.45) is 10.9 Å². The summed E-state index contributed by atoms with van der Waals surface area (Å²) in [5.74, 6) is 1.48. The normalized spacial score (nSPS) is 25.6. The maximum atomic E-state index is 11.9. The van der Waals surface area contributed by atoms with E-state index < -0.39 is 0 Å². The highest BCUT2D eigenvalue weighted by Gasteiger charge is 2.28. The first kappa shape index (κ1) is 24.0. The largest absolute Gasteiger partial charge is 0.353 e. The van der Waals surface area contributed by atoms with E-state index in [9.17, 15) is 9.59 Å². The monoisotopic (exact) mass is 493 g/mol. The van der Waals surface area contributed by atoms with Crippen LogP contribution in [0.3, 0.4) is 0 Å². The Hall–Kier alpha value is -1.06. The number of likely N-dealkylation sites (tertiary alicyclic amines) is 1. The van der Waals surface area contributed by atoms with Gasteiger partial charge < -0.3 is 20.4 Å². The highest BCUT2D eigenvalue weighted by molar-refractivity contribution is 14.0. The summed E-state index contributed by atoms with van der Waals surface area (Å²) < 4.78 is 0. The molecular weight excluding hydrogens is 457 g/mol. The first-order chi connectivity index (χ1) is 12.4. The van der Waals surface area contributed by atoms with Crippen molar-refractivity contribution >= 4 is 41.8 Å². The van der Waals surface area contributed by atoms with E-state index in [0.29, 0.717) is 30.9 Å². The van der Waals surface area contributed by atoms with Gasteiger partial charge in [0, 0.05) is 45.7 Å². The summed E-state index contributed by atoms with van der Waals surface area (Å²) in [5.41, 5.74) is 0. The lowest BCUT2D eigenvalue weighted by Crippen LogP contribution is -2.51. The number of guanidine groups is 1. The number of nitrogens with one attached hydrogen (secondary N) is 2. The molecule has 2 rings (SSSR count). The molecule has 156 valence electrons. The number of amides is 2. The molecule has 7 nitrogen and oxygen atoms in total. The van der Waals surface area contributed by atoms with Gasteiger partial charge in [-0.15, -0.1) is 24.0 Å². The highest BCUT2D eigenvalue weighted by Crippen LogP contribution is 2.23. The molecule has 0 aromatic carbocycles. The molecule has 2 N–H and O–H groups in total. The van der Waals surface area contributed by atoms with E-state index >= 15 is 0 Å². The molecule has 1 heterocycles. The molecule has 1 saturated carbocycles. The van der Waals surface area contributed by atoms with Crippen LogP contribution in [0, 0.1) is 5.92 Å². The number of aliphatic imine (C=N–C) groups is 1. The predicted molar refractivity (Wildman–Crippen MR) is 119 cm³/mol. The lowest BCUT2D eigenvalue weighted by Gasteiger charge is -2.31. The summed E-state index contributed by atoms with van der Waals surface area (Å²) >= 11 is 0. The SMILES string of the molecule is CCC(=O)N1CCC(NC(=NCC(=O)N(C)C)NC2CCCCC2C)C1.I. The van der Waals surface area contributed by atoms with Crippen molar-refractivity contribution in [1.82, 2.24) is 20.4 Å². The number of hydrogen-bond donors (Lipinski definition) is 2. The van der Waals surface area contributed by atoms with Crippen LogP contribution in [0.15, 0.2) is 4.99 Å². The molecule has 1 saturated heterocycles. The minimum Gasteiger partial charge on any atom is -0.353 e. The molecule has 2 amide bonds. The Morgan fingerprint density at radius 1 is 1.15 bits per heavy atom. The average Bonchev–Trinajstić information content (AvgIpc) is 3.09. The van der Waals surface area contributed by atoms with Crippen LogP contribution in [0.5, 0.6) is 0 Å². The van der Waals surface area contributed by atoms with Crippen molar-refractivity contribution in [1.29, 1.82) is 0 Å². The number of halogens is 1. The van der Waals surface area contributed by atoms with Gasteiger partial charge in [-0.3, -0.25) is 9.59 Å². The van der Waals surface area contributed by atoms with Gasteiger partial charge in [0.1, 0.15) is 6.54 Å². The summed E-state index contributed by atoms with van der Waals surface area (Å²) in [5, 5.41) is 7.01. The maximum absolute atomic E-state index is 11.9. The number of carbonyl (C=O) groups is 2. The topological polar surface area (TPSA) is 77.0 Å². The van der Waals surface area contributed by atoms with Crippen molar-refractivity contribution < 1.29 is 9.59 Å². The standard InChI is InChI=1S/C19H35N5O2.HI/c1-5-17(25)24-11-10-15(13-24)21-19(20-12-18(26)23(3)4)22-16-9-7-6-8-14(16)2;/h14-16H,5-13H2,1-4H3,(H2,20,21,22);1H. The van der Waals surface area contributed by atoms with E-state index in [4.69, 9.17) is 0 Å². The zero-order valence-corrected chi connectivity index (χ0v) is 19.5. The Morgan fingerprint density at radius 3 is 2.48 bits per heavy atom. The van der Waals surface area contributed by atoms with Crippen LogP contribution < -0.4 is 10.6 Å². The third-order valence-corrected chi connectivity index (χ3v) is 5.49. The molecule has 0 aromatic rings. The summed E-state index contributed by atoms with van der Waals surface area (Å²) in [7, 11) is 3.49. The fraction of sp³-hybridized carbons (Fsp3) is 0.842. The minimum absolute atomic E-state index is 0. The lowest BCUT2D eigenvalue weighted by atomic mass is 9.86. The van der Waals surface area contributed by atoms with Crippen LogP contribution >= 0.6 is 24.0 Å². The third kappa shape index (κ3) is 7.46. The smallest absolute Gasteiger partial charge is 0.243 e. The van der Waals surface area contributed by atoms with Crippen LogP contribution in [0.1, 0.15) is 52.4 Å². The minimum atomic E-state index is -0.0167. The van der Waals surface area contributed by atoms with Crippen molar-refractivity contribution in [3.05, 3.63) is 0 Å². The Morgan fingerprint density at radius 2 is 1.85 bits per heavy atom. The fourth-order valence-corrected chi connectivity index (χ4v) is 3.65. The summed E-state index contributed by atoms with van der Waals surface area (Å²) in [6, 6.07) is 0.573. The fourth-order valence-electron chi connectivity index (χ4n) is 3.65. The van der Waals surface area contributed by atoms with E-state index in [0.717, 1.165) is 19.4 Å². The molecule has 0 aromatic heterocycles. The van der Waals surface area contributed by atoms with Gasteiger partial charge in [-0.25, -0.2) is 4.99 Å². The molecule has 3 unspecified atom stereocenters. The third-order valence-electron chi connectivity index (χ3n) is 5.49. The van der Waals surface area contributed by atoms with Gasteiger partial charge >= 0.3 is 0 Å². The Bertz CT molecular complexity index is 526. The Labute approximate surface area is 180 Å². The van der Waals surface area contributed by atoms with E-state index in [1.54, 1.807) is 19.0 Å². The summed E-state index contributed by atoms with van der Waals surface area (Å²) in [6.07, 6.45) is 6.33. The molecule has 2 aliphatic rings. The van der Waals surface area contributed by atoms with Crippen LogP contribution in [0.25, 0.3) is 0 Å². The molecule has 0 spiro atoms. The van der Waals surface area contributed by atoms with Gasteiger partial charge in [-0.2, -0.15) is 0 Å².